The number of ether oxygens (including phenoxy) is 1. The second-order valence-electron chi connectivity index (χ2n) is 3.92. The highest BCUT2D eigenvalue weighted by Crippen LogP contribution is 2.14. The highest BCUT2D eigenvalue weighted by molar-refractivity contribution is 6.02. The molecule has 5 nitrogen and oxygen atoms in total. The van der Waals surface area contributed by atoms with Crippen molar-refractivity contribution in [2.75, 3.05) is 0 Å². The molecule has 1 atom stereocenters. The van der Waals surface area contributed by atoms with Crippen molar-refractivity contribution in [3.63, 3.8) is 0 Å². The molecule has 0 aliphatic heterocycles. The third-order valence-corrected chi connectivity index (χ3v) is 2.59. The van der Waals surface area contributed by atoms with Crippen LogP contribution in [-0.2, 0) is 4.74 Å². The zero-order chi connectivity index (χ0) is 14.4. The van der Waals surface area contributed by atoms with Gasteiger partial charge in [0.15, 0.2) is 0 Å². The molecule has 0 aromatic heterocycles. The van der Waals surface area contributed by atoms with Crippen molar-refractivity contribution in [2.45, 2.75) is 20.0 Å². The first-order valence-corrected chi connectivity index (χ1v) is 5.57. The average Bonchev–Trinajstić information content (AvgIpc) is 2.38. The van der Waals surface area contributed by atoms with Crippen LogP contribution in [0.2, 0.25) is 0 Å². The largest absolute Gasteiger partial charge is 0.478 e. The van der Waals surface area contributed by atoms with Gasteiger partial charge in [-0.05, 0) is 31.6 Å². The third-order valence-electron chi connectivity index (χ3n) is 2.59. The lowest BCUT2D eigenvalue weighted by Crippen LogP contribution is -2.18. The molecule has 0 bridgehead atoms. The van der Waals surface area contributed by atoms with E-state index in [1.54, 1.807) is 19.9 Å². The first-order chi connectivity index (χ1) is 8.97. The van der Waals surface area contributed by atoms with Crippen LogP contribution in [0.5, 0.6) is 0 Å². The van der Waals surface area contributed by atoms with Crippen LogP contribution >= 0.6 is 0 Å². The molecule has 0 saturated carbocycles. The average molecular weight is 259 g/mol. The quantitative estimate of drug-likeness (QED) is 0.662. The Labute approximate surface area is 110 Å². The van der Waals surface area contributed by atoms with Crippen molar-refractivity contribution in [1.82, 2.24) is 0 Å². The summed E-state index contributed by atoms with van der Waals surface area (Å²) in [5, 5.41) is 17.5. The Morgan fingerprint density at radius 1 is 1.37 bits per heavy atom. The highest BCUT2D eigenvalue weighted by atomic mass is 16.5. The van der Waals surface area contributed by atoms with E-state index >= 15 is 0 Å². The lowest BCUT2D eigenvalue weighted by atomic mass is 10.1. The Bertz CT molecular complexity index is 569. The Hall–Kier alpha value is -2.61. The lowest BCUT2D eigenvalue weighted by molar-refractivity contribution is 0.0399. The summed E-state index contributed by atoms with van der Waals surface area (Å²) < 4.78 is 5.12. The van der Waals surface area contributed by atoms with Gasteiger partial charge < -0.3 is 9.84 Å². The van der Waals surface area contributed by atoms with Crippen molar-refractivity contribution in [3.05, 3.63) is 47.0 Å². The molecule has 1 rings (SSSR count). The molecule has 0 aliphatic carbocycles. The molecule has 98 valence electrons. The fraction of sp³-hybridized carbons (Fsp3) is 0.214. The van der Waals surface area contributed by atoms with Gasteiger partial charge in [0.1, 0.15) is 6.10 Å². The van der Waals surface area contributed by atoms with Gasteiger partial charge in [-0.1, -0.05) is 12.1 Å². The first kappa shape index (κ1) is 14.5. The summed E-state index contributed by atoms with van der Waals surface area (Å²) in [4.78, 5) is 22.9. The van der Waals surface area contributed by atoms with E-state index in [0.29, 0.717) is 5.57 Å². The summed E-state index contributed by atoms with van der Waals surface area (Å²) in [5.74, 6) is -1.92. The number of carboxylic acids is 1. The molecule has 0 aliphatic rings. The summed E-state index contributed by atoms with van der Waals surface area (Å²) in [7, 11) is 0. The van der Waals surface area contributed by atoms with E-state index < -0.39 is 18.0 Å². The number of nitriles is 1. The van der Waals surface area contributed by atoms with Crippen LogP contribution in [0.25, 0.3) is 0 Å². The SMILES string of the molecule is C/C(=C\C#N)[C@H](C)OC(=O)c1ccccc1C(=O)O. The molecule has 0 spiro atoms. The number of allylic oxidation sites excluding steroid dienone is 1. The zero-order valence-electron chi connectivity index (χ0n) is 10.6. The number of carbonyl (C=O) groups is 2. The van der Waals surface area contributed by atoms with Gasteiger partial charge in [-0.3, -0.25) is 0 Å². The monoisotopic (exact) mass is 259 g/mol. The van der Waals surface area contributed by atoms with E-state index in [1.807, 2.05) is 6.07 Å². The Kier molecular flexibility index (Phi) is 4.84. The van der Waals surface area contributed by atoms with E-state index in [9.17, 15) is 9.59 Å². The standard InChI is InChI=1S/C14H13NO4/c1-9(7-8-15)10(2)19-14(18)12-6-4-3-5-11(12)13(16)17/h3-7,10H,1-2H3,(H,16,17)/b9-7+/t10-/m0/s1. The molecule has 0 fully saturated rings. The van der Waals surface area contributed by atoms with E-state index in [2.05, 4.69) is 0 Å². The Balaban J connectivity index is 2.94. The van der Waals surface area contributed by atoms with Crippen molar-refractivity contribution >= 4 is 11.9 Å². The van der Waals surface area contributed by atoms with Gasteiger partial charge in [0.25, 0.3) is 0 Å². The van der Waals surface area contributed by atoms with E-state index in [-0.39, 0.29) is 11.1 Å². The lowest BCUT2D eigenvalue weighted by Gasteiger charge is -2.14. The second-order valence-corrected chi connectivity index (χ2v) is 3.92. The van der Waals surface area contributed by atoms with Gasteiger partial charge in [0.05, 0.1) is 17.2 Å². The maximum Gasteiger partial charge on any atom is 0.339 e. The highest BCUT2D eigenvalue weighted by Gasteiger charge is 2.19. The predicted octanol–water partition coefficient (Wildman–Crippen LogP) is 2.40. The number of nitrogens with zero attached hydrogens (tertiary/aromatic N) is 1. The molecule has 1 aromatic rings. The van der Waals surface area contributed by atoms with Crippen LogP contribution in [-0.4, -0.2) is 23.1 Å². The summed E-state index contributed by atoms with van der Waals surface area (Å²) in [6.45, 7) is 3.27. The summed E-state index contributed by atoms with van der Waals surface area (Å²) in [6.07, 6.45) is 0.690. The van der Waals surface area contributed by atoms with Crippen molar-refractivity contribution in [3.8, 4) is 6.07 Å². The van der Waals surface area contributed by atoms with Crippen LogP contribution < -0.4 is 0 Å². The number of hydrogen-bond donors (Lipinski definition) is 1. The van der Waals surface area contributed by atoms with Crippen molar-refractivity contribution in [1.29, 1.82) is 5.26 Å². The smallest absolute Gasteiger partial charge is 0.339 e. The van der Waals surface area contributed by atoms with Gasteiger partial charge in [0.2, 0.25) is 0 Å². The molecule has 5 heteroatoms. The van der Waals surface area contributed by atoms with Gasteiger partial charge >= 0.3 is 11.9 Å². The van der Waals surface area contributed by atoms with Crippen LogP contribution in [0.15, 0.2) is 35.9 Å². The fourth-order valence-corrected chi connectivity index (χ4v) is 1.38. The zero-order valence-corrected chi connectivity index (χ0v) is 10.6. The van der Waals surface area contributed by atoms with E-state index in [1.165, 1.54) is 24.3 Å². The molecule has 0 unspecified atom stereocenters. The molecule has 0 saturated heterocycles. The first-order valence-electron chi connectivity index (χ1n) is 5.57. The molecule has 1 aromatic carbocycles. The van der Waals surface area contributed by atoms with Gasteiger partial charge in [-0.15, -0.1) is 0 Å². The minimum absolute atomic E-state index is 0.00777. The van der Waals surface area contributed by atoms with Gasteiger partial charge in [-0.2, -0.15) is 5.26 Å². The number of esters is 1. The minimum Gasteiger partial charge on any atom is -0.478 e. The molecule has 0 heterocycles. The van der Waals surface area contributed by atoms with E-state index in [4.69, 9.17) is 15.1 Å². The molecule has 0 radical (unpaired) electrons. The molecular formula is C14H13NO4. The fourth-order valence-electron chi connectivity index (χ4n) is 1.38. The Morgan fingerprint density at radius 3 is 2.47 bits per heavy atom. The normalized spacial score (nSPS) is 12.4. The summed E-state index contributed by atoms with van der Waals surface area (Å²) in [5.41, 5.74) is 0.469. The van der Waals surface area contributed by atoms with Crippen molar-refractivity contribution in [2.24, 2.45) is 0 Å². The number of hydrogen-bond acceptors (Lipinski definition) is 4. The Morgan fingerprint density at radius 2 is 1.95 bits per heavy atom. The summed E-state index contributed by atoms with van der Waals surface area (Å²) in [6, 6.07) is 7.66. The number of benzene rings is 1. The number of carboxylic acid groups (broad SMARTS) is 1. The number of carbonyl (C=O) groups excluding carboxylic acids is 1. The van der Waals surface area contributed by atoms with Crippen LogP contribution in [0.1, 0.15) is 34.6 Å². The van der Waals surface area contributed by atoms with Crippen LogP contribution in [0, 0.1) is 11.3 Å². The maximum atomic E-state index is 11.9. The topological polar surface area (TPSA) is 87.4 Å². The minimum atomic E-state index is -1.19. The summed E-state index contributed by atoms with van der Waals surface area (Å²) >= 11 is 0. The second kappa shape index (κ2) is 6.36. The van der Waals surface area contributed by atoms with Gasteiger partial charge in [-0.25, -0.2) is 9.59 Å². The molecular weight excluding hydrogens is 246 g/mol. The van der Waals surface area contributed by atoms with Gasteiger partial charge in [0, 0.05) is 6.08 Å². The van der Waals surface area contributed by atoms with Crippen molar-refractivity contribution < 1.29 is 19.4 Å². The molecule has 19 heavy (non-hydrogen) atoms. The number of aromatic carboxylic acids is 1. The predicted molar refractivity (Wildman–Crippen MR) is 67.6 cm³/mol. The van der Waals surface area contributed by atoms with Crippen LogP contribution in [0.3, 0.4) is 0 Å². The van der Waals surface area contributed by atoms with Crippen LogP contribution in [0.4, 0.5) is 0 Å². The maximum absolute atomic E-state index is 11.9. The molecule has 1 N–H and O–H groups in total. The third kappa shape index (κ3) is 3.68. The molecule has 0 amide bonds. The van der Waals surface area contributed by atoms with E-state index in [0.717, 1.165) is 0 Å². The number of rotatable bonds is 4.